The molecule has 5 nitrogen and oxygen atoms in total. The number of non-ortho nitro benzene ring substituents is 1. The van der Waals surface area contributed by atoms with Crippen molar-refractivity contribution < 1.29 is 14.5 Å². The van der Waals surface area contributed by atoms with Gasteiger partial charge in [0.2, 0.25) is 0 Å². The summed E-state index contributed by atoms with van der Waals surface area (Å²) < 4.78 is 1.04. The number of Topliss-reactive ketones (excluding diaryl/α,β-unsaturated/α-hetero) is 2. The molecule has 3 rings (SSSR count). The maximum Gasteiger partial charge on any atom is 0.269 e. The predicted molar refractivity (Wildman–Crippen MR) is 92.8 cm³/mol. The van der Waals surface area contributed by atoms with Gasteiger partial charge in [-0.25, -0.2) is 0 Å². The molecule has 0 bridgehead atoms. The number of nitrogens with zero attached hydrogens (tertiary/aromatic N) is 1. The van der Waals surface area contributed by atoms with Crippen LogP contribution in [0.4, 0.5) is 5.69 Å². The van der Waals surface area contributed by atoms with Gasteiger partial charge in [-0.15, -0.1) is 11.3 Å². The molecule has 0 aliphatic heterocycles. The zero-order valence-corrected chi connectivity index (χ0v) is 13.4. The fourth-order valence-corrected chi connectivity index (χ4v) is 3.41. The Labute approximate surface area is 141 Å². The summed E-state index contributed by atoms with van der Waals surface area (Å²) in [4.78, 5) is 35.1. The van der Waals surface area contributed by atoms with Gasteiger partial charge in [0, 0.05) is 35.2 Å². The van der Waals surface area contributed by atoms with Crippen LogP contribution in [-0.4, -0.2) is 16.5 Å². The predicted octanol–water partition coefficient (Wildman–Crippen LogP) is 4.66. The molecule has 0 N–H and O–H groups in total. The van der Waals surface area contributed by atoms with Gasteiger partial charge in [-0.2, -0.15) is 0 Å². The van der Waals surface area contributed by atoms with Crippen molar-refractivity contribution in [2.75, 3.05) is 0 Å². The molecule has 3 aromatic rings. The summed E-state index contributed by atoms with van der Waals surface area (Å²) in [6, 6.07) is 15.0. The summed E-state index contributed by atoms with van der Waals surface area (Å²) >= 11 is 1.42. The fourth-order valence-electron chi connectivity index (χ4n) is 2.38. The lowest BCUT2D eigenvalue weighted by atomic mass is 10.0. The monoisotopic (exact) mass is 339 g/mol. The van der Waals surface area contributed by atoms with Crippen LogP contribution in [-0.2, 0) is 0 Å². The SMILES string of the molecule is O=C(CCC(=O)c1cc2ccccc2s1)c1ccc([N+](=O)[O-])cc1. The van der Waals surface area contributed by atoms with E-state index in [1.165, 1.54) is 35.6 Å². The van der Waals surface area contributed by atoms with Crippen LogP contribution in [0.5, 0.6) is 0 Å². The molecule has 0 spiro atoms. The number of nitro groups is 1. The number of rotatable bonds is 6. The van der Waals surface area contributed by atoms with E-state index in [1.807, 2.05) is 30.3 Å². The Morgan fingerprint density at radius 3 is 2.29 bits per heavy atom. The second kappa shape index (κ2) is 6.72. The molecule has 0 aliphatic carbocycles. The number of nitro benzene ring substituents is 1. The van der Waals surface area contributed by atoms with E-state index in [0.29, 0.717) is 10.4 Å². The molecule has 0 atom stereocenters. The molecule has 1 aromatic heterocycles. The highest BCUT2D eigenvalue weighted by Gasteiger charge is 2.14. The lowest BCUT2D eigenvalue weighted by Crippen LogP contribution is -2.04. The maximum atomic E-state index is 12.3. The first kappa shape index (κ1) is 16.0. The van der Waals surface area contributed by atoms with E-state index in [2.05, 4.69) is 0 Å². The lowest BCUT2D eigenvalue weighted by Gasteiger charge is -2.00. The molecule has 0 radical (unpaired) electrons. The Kier molecular flexibility index (Phi) is 4.48. The Bertz CT molecular complexity index is 895. The van der Waals surface area contributed by atoms with Gasteiger partial charge in [0.25, 0.3) is 5.69 Å². The Morgan fingerprint density at radius 2 is 1.62 bits per heavy atom. The van der Waals surface area contributed by atoms with Crippen LogP contribution in [0.1, 0.15) is 32.9 Å². The van der Waals surface area contributed by atoms with Crippen molar-refractivity contribution in [2.24, 2.45) is 0 Å². The molecular weight excluding hydrogens is 326 g/mol. The second-order valence-corrected chi connectivity index (χ2v) is 6.38. The molecule has 2 aromatic carbocycles. The van der Waals surface area contributed by atoms with Gasteiger partial charge in [-0.3, -0.25) is 19.7 Å². The van der Waals surface area contributed by atoms with Crippen LogP contribution in [0.2, 0.25) is 0 Å². The Morgan fingerprint density at radius 1 is 0.958 bits per heavy atom. The number of carbonyl (C=O) groups excluding carboxylic acids is 2. The van der Waals surface area contributed by atoms with Crippen LogP contribution < -0.4 is 0 Å². The van der Waals surface area contributed by atoms with Crippen molar-refractivity contribution in [1.29, 1.82) is 0 Å². The van der Waals surface area contributed by atoms with Crippen LogP contribution >= 0.6 is 11.3 Å². The van der Waals surface area contributed by atoms with Gasteiger partial charge in [-0.1, -0.05) is 18.2 Å². The standard InChI is InChI=1S/C18H13NO4S/c20-15(12-5-7-14(8-6-12)19(22)23)9-10-16(21)18-11-13-3-1-2-4-17(13)24-18/h1-8,11H,9-10H2. The third-order valence-corrected chi connectivity index (χ3v) is 4.84. The van der Waals surface area contributed by atoms with E-state index < -0.39 is 4.92 Å². The normalized spacial score (nSPS) is 10.7. The van der Waals surface area contributed by atoms with E-state index in [1.54, 1.807) is 0 Å². The second-order valence-electron chi connectivity index (χ2n) is 5.30. The van der Waals surface area contributed by atoms with E-state index in [9.17, 15) is 19.7 Å². The van der Waals surface area contributed by atoms with Gasteiger partial charge in [0.05, 0.1) is 9.80 Å². The summed E-state index contributed by atoms with van der Waals surface area (Å²) in [5, 5.41) is 11.6. The summed E-state index contributed by atoms with van der Waals surface area (Å²) in [7, 11) is 0. The summed E-state index contributed by atoms with van der Waals surface area (Å²) in [6.07, 6.45) is 0.216. The molecule has 6 heteroatoms. The number of carbonyl (C=O) groups is 2. The largest absolute Gasteiger partial charge is 0.294 e. The van der Waals surface area contributed by atoms with Gasteiger partial charge in [0.15, 0.2) is 11.6 Å². The summed E-state index contributed by atoms with van der Waals surface area (Å²) in [5.41, 5.74) is 0.317. The molecule has 24 heavy (non-hydrogen) atoms. The number of thiophene rings is 1. The Balaban J connectivity index is 1.64. The number of benzene rings is 2. The Hall–Kier alpha value is -2.86. The summed E-state index contributed by atoms with van der Waals surface area (Å²) in [6.45, 7) is 0. The zero-order chi connectivity index (χ0) is 17.1. The minimum Gasteiger partial charge on any atom is -0.294 e. The van der Waals surface area contributed by atoms with E-state index in [0.717, 1.165) is 10.1 Å². The van der Waals surface area contributed by atoms with Crippen LogP contribution in [0.15, 0.2) is 54.6 Å². The first-order valence-electron chi connectivity index (χ1n) is 7.34. The number of ketones is 2. The van der Waals surface area contributed by atoms with Gasteiger partial charge in [0.1, 0.15) is 0 Å². The minimum atomic E-state index is -0.515. The number of fused-ring (bicyclic) bond motifs is 1. The highest BCUT2D eigenvalue weighted by Crippen LogP contribution is 2.26. The van der Waals surface area contributed by atoms with Crippen molar-refractivity contribution in [2.45, 2.75) is 12.8 Å². The zero-order valence-electron chi connectivity index (χ0n) is 12.6. The van der Waals surface area contributed by atoms with Crippen molar-refractivity contribution in [1.82, 2.24) is 0 Å². The van der Waals surface area contributed by atoms with Crippen LogP contribution in [0.3, 0.4) is 0 Å². The third kappa shape index (κ3) is 3.38. The molecule has 120 valence electrons. The molecule has 0 saturated carbocycles. The first-order chi connectivity index (χ1) is 11.5. The number of hydrogen-bond acceptors (Lipinski definition) is 5. The van der Waals surface area contributed by atoms with Gasteiger partial charge < -0.3 is 0 Å². The molecular formula is C18H13NO4S. The molecule has 1 heterocycles. The molecule has 0 fully saturated rings. The van der Waals surface area contributed by atoms with Crippen molar-refractivity contribution >= 4 is 38.7 Å². The molecule has 0 amide bonds. The number of hydrogen-bond donors (Lipinski definition) is 0. The van der Waals surface area contributed by atoms with Crippen molar-refractivity contribution in [3.8, 4) is 0 Å². The summed E-state index contributed by atoms with van der Waals surface area (Å²) in [5.74, 6) is -0.258. The fraction of sp³-hybridized carbons (Fsp3) is 0.111. The highest BCUT2D eigenvalue weighted by molar-refractivity contribution is 7.20. The quantitative estimate of drug-likeness (QED) is 0.372. The van der Waals surface area contributed by atoms with Gasteiger partial charge >= 0.3 is 0 Å². The smallest absolute Gasteiger partial charge is 0.269 e. The first-order valence-corrected chi connectivity index (χ1v) is 8.15. The highest BCUT2D eigenvalue weighted by atomic mass is 32.1. The molecule has 0 aliphatic rings. The van der Waals surface area contributed by atoms with Crippen molar-refractivity contribution in [3.63, 3.8) is 0 Å². The van der Waals surface area contributed by atoms with Crippen LogP contribution in [0, 0.1) is 10.1 Å². The molecule has 0 unspecified atom stereocenters. The van der Waals surface area contributed by atoms with E-state index in [4.69, 9.17) is 0 Å². The third-order valence-electron chi connectivity index (χ3n) is 3.68. The average molecular weight is 339 g/mol. The minimum absolute atomic E-state index is 0.0621. The maximum absolute atomic E-state index is 12.3. The topological polar surface area (TPSA) is 77.3 Å². The van der Waals surface area contributed by atoms with E-state index >= 15 is 0 Å². The van der Waals surface area contributed by atoms with Crippen molar-refractivity contribution in [3.05, 3.63) is 75.2 Å². The molecule has 0 saturated heterocycles. The van der Waals surface area contributed by atoms with Gasteiger partial charge in [-0.05, 0) is 29.7 Å². The lowest BCUT2D eigenvalue weighted by molar-refractivity contribution is -0.384. The van der Waals surface area contributed by atoms with E-state index in [-0.39, 0.29) is 30.1 Å². The van der Waals surface area contributed by atoms with Crippen LogP contribution in [0.25, 0.3) is 10.1 Å². The average Bonchev–Trinajstić information content (AvgIpc) is 3.03.